The lowest BCUT2D eigenvalue weighted by molar-refractivity contribution is 0.633. The summed E-state index contributed by atoms with van der Waals surface area (Å²) in [6, 6.07) is 2.58. The van der Waals surface area contributed by atoms with Crippen molar-refractivity contribution in [2.45, 2.75) is 65.1 Å². The van der Waals surface area contributed by atoms with Crippen LogP contribution in [0, 0.1) is 6.04 Å². The van der Waals surface area contributed by atoms with Crippen molar-refractivity contribution in [2.75, 3.05) is 0 Å². The lowest BCUT2D eigenvalue weighted by atomic mass is 10.1. The van der Waals surface area contributed by atoms with Gasteiger partial charge in [0.2, 0.25) is 0 Å². The van der Waals surface area contributed by atoms with Crippen LogP contribution in [0.3, 0.4) is 0 Å². The first-order chi connectivity index (χ1) is 5.56. The molecule has 73 valence electrons. The van der Waals surface area contributed by atoms with E-state index in [1.165, 1.54) is 38.5 Å². The molecule has 0 aromatic carbocycles. The molecule has 1 radical (unpaired) electrons. The maximum Gasteiger partial charge on any atom is 0.0473 e. The van der Waals surface area contributed by atoms with Gasteiger partial charge in [-0.25, -0.2) is 0 Å². The topological polar surface area (TPSA) is 0 Å². The summed E-state index contributed by atoms with van der Waals surface area (Å²) >= 11 is 0. The van der Waals surface area contributed by atoms with Crippen LogP contribution in [0.25, 0.3) is 0 Å². The molecular weight excluding hydrogens is 160 g/mol. The molecule has 0 heterocycles. The van der Waals surface area contributed by atoms with E-state index in [1.54, 1.807) is 0 Å². The predicted molar refractivity (Wildman–Crippen MR) is 61.0 cm³/mol. The number of rotatable bonds is 7. The molecule has 12 heavy (non-hydrogen) atoms. The zero-order chi connectivity index (χ0) is 9.45. The highest BCUT2D eigenvalue weighted by molar-refractivity contribution is 6.79. The molecule has 0 nitrogen and oxygen atoms in total. The summed E-state index contributed by atoms with van der Waals surface area (Å²) in [6.07, 6.45) is 8.44. The Hall–Kier alpha value is 0.217. The summed E-state index contributed by atoms with van der Waals surface area (Å²) < 4.78 is 0. The lowest BCUT2D eigenvalue weighted by Crippen LogP contribution is -2.20. The van der Waals surface area contributed by atoms with E-state index in [0.717, 1.165) is 0 Å². The SMILES string of the molecule is CCCCCCC[CH][Si](C)(C)C. The van der Waals surface area contributed by atoms with E-state index in [-0.39, 0.29) is 0 Å². The Morgan fingerprint density at radius 3 is 2.00 bits per heavy atom. The molecule has 0 fully saturated rings. The molecule has 1 heteroatoms. The average molecular weight is 185 g/mol. The lowest BCUT2D eigenvalue weighted by Gasteiger charge is -2.14. The van der Waals surface area contributed by atoms with E-state index in [4.69, 9.17) is 0 Å². The third-order valence-corrected chi connectivity index (χ3v) is 3.58. The summed E-state index contributed by atoms with van der Waals surface area (Å²) in [6.45, 7) is 9.52. The maximum absolute atomic E-state index is 2.58. The van der Waals surface area contributed by atoms with E-state index in [9.17, 15) is 0 Å². The van der Waals surface area contributed by atoms with E-state index in [2.05, 4.69) is 32.6 Å². The standard InChI is InChI=1S/C11H25Si/c1-5-6-7-8-9-10-11-12(2,3)4/h11H,5-10H2,1-4H3. The molecule has 0 aliphatic heterocycles. The Morgan fingerprint density at radius 1 is 0.917 bits per heavy atom. The van der Waals surface area contributed by atoms with Crippen molar-refractivity contribution in [2.24, 2.45) is 0 Å². The van der Waals surface area contributed by atoms with Crippen molar-refractivity contribution in [1.82, 2.24) is 0 Å². The second-order valence-electron chi connectivity index (χ2n) is 4.77. The van der Waals surface area contributed by atoms with Crippen molar-refractivity contribution in [3.8, 4) is 0 Å². The number of hydrogen-bond acceptors (Lipinski definition) is 0. The Morgan fingerprint density at radius 2 is 1.50 bits per heavy atom. The molecule has 0 aromatic heterocycles. The quantitative estimate of drug-likeness (QED) is 0.406. The molecule has 0 bridgehead atoms. The molecule has 0 aliphatic carbocycles. The molecular formula is C11H25Si. The van der Waals surface area contributed by atoms with Gasteiger partial charge >= 0.3 is 0 Å². The van der Waals surface area contributed by atoms with Gasteiger partial charge < -0.3 is 0 Å². The minimum Gasteiger partial charge on any atom is -0.0693 e. The maximum atomic E-state index is 2.58. The van der Waals surface area contributed by atoms with Crippen LogP contribution in [-0.2, 0) is 0 Å². The molecule has 0 saturated heterocycles. The van der Waals surface area contributed by atoms with Crippen molar-refractivity contribution < 1.29 is 0 Å². The fourth-order valence-corrected chi connectivity index (χ4v) is 2.35. The van der Waals surface area contributed by atoms with Crippen LogP contribution in [0.15, 0.2) is 0 Å². The normalized spacial score (nSPS) is 12.0. The van der Waals surface area contributed by atoms with Crippen LogP contribution >= 0.6 is 0 Å². The van der Waals surface area contributed by atoms with E-state index >= 15 is 0 Å². The zero-order valence-electron chi connectivity index (χ0n) is 9.32. The first kappa shape index (κ1) is 12.2. The highest BCUT2D eigenvalue weighted by Crippen LogP contribution is 2.12. The van der Waals surface area contributed by atoms with Crippen molar-refractivity contribution in [3.63, 3.8) is 0 Å². The van der Waals surface area contributed by atoms with Gasteiger partial charge in [0, 0.05) is 8.07 Å². The molecule has 0 aromatic rings. The average Bonchev–Trinajstić information content (AvgIpc) is 1.94. The van der Waals surface area contributed by atoms with Gasteiger partial charge in [0.15, 0.2) is 0 Å². The van der Waals surface area contributed by atoms with Crippen LogP contribution in [0.2, 0.25) is 19.6 Å². The summed E-state index contributed by atoms with van der Waals surface area (Å²) in [7, 11) is -0.851. The van der Waals surface area contributed by atoms with Crippen molar-refractivity contribution >= 4 is 8.07 Å². The number of unbranched alkanes of at least 4 members (excludes halogenated alkanes) is 5. The Balaban J connectivity index is 3.01. The highest BCUT2D eigenvalue weighted by Gasteiger charge is 2.11. The Kier molecular flexibility index (Phi) is 6.82. The smallest absolute Gasteiger partial charge is 0.0473 e. The molecule has 0 rings (SSSR count). The van der Waals surface area contributed by atoms with Crippen molar-refractivity contribution in [1.29, 1.82) is 0 Å². The predicted octanol–water partition coefficient (Wildman–Crippen LogP) is 4.43. The highest BCUT2D eigenvalue weighted by atomic mass is 28.3. The van der Waals surface area contributed by atoms with E-state index in [1.807, 2.05) is 0 Å². The van der Waals surface area contributed by atoms with Gasteiger partial charge in [0.1, 0.15) is 0 Å². The summed E-state index contributed by atoms with van der Waals surface area (Å²) in [5, 5.41) is 0. The first-order valence-corrected chi connectivity index (χ1v) is 8.98. The molecule has 0 amide bonds. The van der Waals surface area contributed by atoms with Gasteiger partial charge in [-0.1, -0.05) is 65.1 Å². The van der Waals surface area contributed by atoms with Crippen LogP contribution in [0.5, 0.6) is 0 Å². The molecule has 0 N–H and O–H groups in total. The van der Waals surface area contributed by atoms with Gasteiger partial charge in [0.25, 0.3) is 0 Å². The Bertz CT molecular complexity index is 91.7. The summed E-state index contributed by atoms with van der Waals surface area (Å²) in [5.74, 6) is 0. The van der Waals surface area contributed by atoms with E-state index < -0.39 is 8.07 Å². The Labute approximate surface area is 79.8 Å². The molecule has 0 atom stereocenters. The monoisotopic (exact) mass is 185 g/mol. The van der Waals surface area contributed by atoms with Crippen molar-refractivity contribution in [3.05, 3.63) is 6.04 Å². The van der Waals surface area contributed by atoms with Gasteiger partial charge in [-0.3, -0.25) is 0 Å². The van der Waals surface area contributed by atoms with Gasteiger partial charge in [-0.15, -0.1) is 0 Å². The van der Waals surface area contributed by atoms with Gasteiger partial charge in [-0.2, -0.15) is 0 Å². The largest absolute Gasteiger partial charge is 0.0693 e. The van der Waals surface area contributed by atoms with E-state index in [0.29, 0.717) is 0 Å². The second kappa shape index (κ2) is 6.70. The zero-order valence-corrected chi connectivity index (χ0v) is 10.3. The second-order valence-corrected chi connectivity index (χ2v) is 9.91. The molecule has 0 aliphatic rings. The third kappa shape index (κ3) is 10.2. The number of hydrogen-bond donors (Lipinski definition) is 0. The van der Waals surface area contributed by atoms with Crippen LogP contribution in [-0.4, -0.2) is 8.07 Å². The summed E-state index contributed by atoms with van der Waals surface area (Å²) in [5.41, 5.74) is 0. The molecule has 0 saturated carbocycles. The minimum absolute atomic E-state index is 0.851. The minimum atomic E-state index is -0.851. The molecule has 0 unspecified atom stereocenters. The fraction of sp³-hybridized carbons (Fsp3) is 0.909. The first-order valence-electron chi connectivity index (χ1n) is 5.40. The third-order valence-electron chi connectivity index (χ3n) is 2.06. The van der Waals surface area contributed by atoms with Crippen LogP contribution < -0.4 is 0 Å². The summed E-state index contributed by atoms with van der Waals surface area (Å²) in [4.78, 5) is 0. The van der Waals surface area contributed by atoms with Gasteiger partial charge in [0.05, 0.1) is 0 Å². The fourth-order valence-electron chi connectivity index (χ4n) is 1.28. The van der Waals surface area contributed by atoms with Gasteiger partial charge in [-0.05, 0) is 6.04 Å². The molecule has 0 spiro atoms. The van der Waals surface area contributed by atoms with Crippen LogP contribution in [0.1, 0.15) is 45.4 Å². The van der Waals surface area contributed by atoms with Crippen LogP contribution in [0.4, 0.5) is 0 Å².